The SMILES string of the molecule is Cc1cc(C2(N)N=C(OCC3OC3(C)C)C=C(c3ccc(F)cc3)N2)cc(C(F)F)n1. The summed E-state index contributed by atoms with van der Waals surface area (Å²) in [5.74, 6) is -1.77. The Hall–Kier alpha value is -2.91. The van der Waals surface area contributed by atoms with Crippen molar-refractivity contribution in [2.45, 2.75) is 44.7 Å². The third-order valence-corrected chi connectivity index (χ3v) is 5.22. The van der Waals surface area contributed by atoms with Crippen LogP contribution in [-0.4, -0.2) is 29.2 Å². The number of hydrogen-bond acceptors (Lipinski definition) is 6. The fourth-order valence-electron chi connectivity index (χ4n) is 3.35. The van der Waals surface area contributed by atoms with Crippen LogP contribution in [0.5, 0.6) is 0 Å². The van der Waals surface area contributed by atoms with E-state index in [1.54, 1.807) is 31.2 Å². The minimum atomic E-state index is -2.76. The summed E-state index contributed by atoms with van der Waals surface area (Å²) in [6, 6.07) is 8.58. The quantitative estimate of drug-likeness (QED) is 0.703. The van der Waals surface area contributed by atoms with Crippen molar-refractivity contribution in [1.82, 2.24) is 10.3 Å². The number of hydrogen-bond donors (Lipinski definition) is 2. The first kappa shape index (κ1) is 21.3. The molecular weight excluding hydrogens is 409 g/mol. The number of pyridine rings is 1. The maximum absolute atomic E-state index is 13.4. The summed E-state index contributed by atoms with van der Waals surface area (Å²) < 4.78 is 51.4. The van der Waals surface area contributed by atoms with E-state index in [0.29, 0.717) is 22.5 Å². The average molecular weight is 432 g/mol. The molecule has 2 aliphatic heterocycles. The number of nitrogens with one attached hydrogen (secondary N) is 1. The van der Waals surface area contributed by atoms with E-state index < -0.39 is 17.9 Å². The van der Waals surface area contributed by atoms with Crippen LogP contribution in [0.2, 0.25) is 0 Å². The molecule has 1 aromatic heterocycles. The number of aromatic nitrogens is 1. The largest absolute Gasteiger partial charge is 0.475 e. The van der Waals surface area contributed by atoms with Crippen molar-refractivity contribution in [1.29, 1.82) is 0 Å². The van der Waals surface area contributed by atoms with Gasteiger partial charge >= 0.3 is 0 Å². The summed E-state index contributed by atoms with van der Waals surface area (Å²) in [5, 5.41) is 3.07. The molecule has 0 amide bonds. The second kappa shape index (κ2) is 7.65. The second-order valence-corrected chi connectivity index (χ2v) is 8.15. The smallest absolute Gasteiger partial charge is 0.280 e. The highest BCUT2D eigenvalue weighted by atomic mass is 19.3. The van der Waals surface area contributed by atoms with Gasteiger partial charge in [-0.15, -0.1) is 0 Å². The Kier molecular flexibility index (Phi) is 5.26. The minimum Gasteiger partial charge on any atom is -0.475 e. The Morgan fingerprint density at radius 2 is 1.90 bits per heavy atom. The molecule has 2 atom stereocenters. The van der Waals surface area contributed by atoms with Crippen molar-refractivity contribution in [3.63, 3.8) is 0 Å². The molecule has 4 rings (SSSR count). The van der Waals surface area contributed by atoms with Crippen LogP contribution in [0.3, 0.4) is 0 Å². The lowest BCUT2D eigenvalue weighted by atomic mass is 10.0. The monoisotopic (exact) mass is 432 g/mol. The van der Waals surface area contributed by atoms with Gasteiger partial charge in [-0.25, -0.2) is 18.2 Å². The van der Waals surface area contributed by atoms with Gasteiger partial charge in [0, 0.05) is 23.0 Å². The van der Waals surface area contributed by atoms with Crippen molar-refractivity contribution < 1.29 is 22.6 Å². The molecule has 2 unspecified atom stereocenters. The van der Waals surface area contributed by atoms with Gasteiger partial charge in [-0.2, -0.15) is 0 Å². The van der Waals surface area contributed by atoms with Crippen LogP contribution in [0.15, 0.2) is 47.5 Å². The summed E-state index contributed by atoms with van der Waals surface area (Å²) in [6.07, 6.45) is -1.21. The van der Waals surface area contributed by atoms with Gasteiger partial charge in [0.25, 0.3) is 6.43 Å². The lowest BCUT2D eigenvalue weighted by Crippen LogP contribution is -2.50. The van der Waals surface area contributed by atoms with E-state index in [-0.39, 0.29) is 30.0 Å². The van der Waals surface area contributed by atoms with Gasteiger partial charge in [0.1, 0.15) is 24.2 Å². The van der Waals surface area contributed by atoms with Crippen molar-refractivity contribution in [2.24, 2.45) is 10.7 Å². The molecule has 0 spiro atoms. The molecule has 1 fully saturated rings. The Bertz CT molecular complexity index is 1050. The molecule has 1 saturated heterocycles. The van der Waals surface area contributed by atoms with Crippen LogP contribution in [0.1, 0.15) is 42.8 Å². The van der Waals surface area contributed by atoms with Crippen LogP contribution in [-0.2, 0) is 15.3 Å². The summed E-state index contributed by atoms with van der Waals surface area (Å²) in [5.41, 5.74) is 7.69. The molecule has 0 aliphatic carbocycles. The summed E-state index contributed by atoms with van der Waals surface area (Å²) in [7, 11) is 0. The number of epoxide rings is 1. The zero-order valence-corrected chi connectivity index (χ0v) is 17.3. The number of aliphatic imine (C=N–C) groups is 1. The molecule has 164 valence electrons. The number of halogens is 3. The highest BCUT2D eigenvalue weighted by molar-refractivity contribution is 5.96. The zero-order chi connectivity index (χ0) is 22.4. The first-order valence-corrected chi connectivity index (χ1v) is 9.78. The van der Waals surface area contributed by atoms with Crippen LogP contribution < -0.4 is 11.1 Å². The molecular formula is C22H23F3N4O2. The van der Waals surface area contributed by atoms with E-state index in [1.807, 2.05) is 13.8 Å². The summed E-state index contributed by atoms with van der Waals surface area (Å²) in [4.78, 5) is 8.31. The third kappa shape index (κ3) is 4.57. The number of aryl methyl sites for hydroxylation is 1. The lowest BCUT2D eigenvalue weighted by molar-refractivity contribution is 0.145. The van der Waals surface area contributed by atoms with Gasteiger partial charge in [-0.1, -0.05) is 0 Å². The predicted molar refractivity (Wildman–Crippen MR) is 110 cm³/mol. The van der Waals surface area contributed by atoms with Gasteiger partial charge in [-0.3, -0.25) is 10.7 Å². The minimum absolute atomic E-state index is 0.0893. The van der Waals surface area contributed by atoms with E-state index in [9.17, 15) is 13.2 Å². The highest BCUT2D eigenvalue weighted by Crippen LogP contribution is 2.36. The van der Waals surface area contributed by atoms with Crippen LogP contribution >= 0.6 is 0 Å². The fraction of sp³-hybridized carbons (Fsp3) is 0.364. The van der Waals surface area contributed by atoms with Crippen LogP contribution in [0, 0.1) is 12.7 Å². The topological polar surface area (TPSA) is 85.1 Å². The molecule has 0 bridgehead atoms. The average Bonchev–Trinajstić information content (AvgIpc) is 3.32. The maximum Gasteiger partial charge on any atom is 0.280 e. The second-order valence-electron chi connectivity index (χ2n) is 8.15. The number of nitrogens with zero attached hydrogens (tertiary/aromatic N) is 2. The molecule has 31 heavy (non-hydrogen) atoms. The van der Waals surface area contributed by atoms with E-state index in [2.05, 4.69) is 15.3 Å². The number of benzene rings is 1. The van der Waals surface area contributed by atoms with E-state index >= 15 is 0 Å². The molecule has 0 radical (unpaired) electrons. The van der Waals surface area contributed by atoms with Crippen LogP contribution in [0.4, 0.5) is 13.2 Å². The van der Waals surface area contributed by atoms with Crippen molar-refractivity contribution in [2.75, 3.05) is 6.61 Å². The highest BCUT2D eigenvalue weighted by Gasteiger charge is 2.48. The van der Waals surface area contributed by atoms with Crippen molar-refractivity contribution in [3.8, 4) is 0 Å². The predicted octanol–water partition coefficient (Wildman–Crippen LogP) is 3.77. The van der Waals surface area contributed by atoms with Gasteiger partial charge in [0.15, 0.2) is 0 Å². The molecule has 0 saturated carbocycles. The Balaban J connectivity index is 1.71. The summed E-state index contributed by atoms with van der Waals surface area (Å²) in [6.45, 7) is 5.76. The number of ether oxygens (including phenoxy) is 2. The molecule has 2 aromatic rings. The van der Waals surface area contributed by atoms with Gasteiger partial charge in [-0.05, 0) is 62.7 Å². The number of alkyl halides is 2. The number of rotatable bonds is 5. The molecule has 9 heteroatoms. The maximum atomic E-state index is 13.4. The standard InChI is InChI=1S/C22H23F3N4O2/c1-12-8-14(9-17(27-12)20(24)25)22(26)28-16(13-4-6-15(23)7-5-13)10-19(29-22)30-11-18-21(2,3)31-18/h4-10,18,20,28H,11,26H2,1-3H3. The Morgan fingerprint density at radius 1 is 1.23 bits per heavy atom. The molecule has 1 aromatic carbocycles. The third-order valence-electron chi connectivity index (χ3n) is 5.22. The molecule has 6 nitrogen and oxygen atoms in total. The van der Waals surface area contributed by atoms with E-state index in [0.717, 1.165) is 0 Å². The molecule has 3 heterocycles. The Morgan fingerprint density at radius 3 is 2.52 bits per heavy atom. The van der Waals surface area contributed by atoms with Gasteiger partial charge < -0.3 is 14.8 Å². The van der Waals surface area contributed by atoms with Gasteiger partial charge in [0.05, 0.1) is 5.60 Å². The number of nitrogens with two attached hydrogens (primary N) is 1. The summed E-state index contributed by atoms with van der Waals surface area (Å²) >= 11 is 0. The van der Waals surface area contributed by atoms with Crippen molar-refractivity contribution >= 4 is 11.6 Å². The first-order valence-electron chi connectivity index (χ1n) is 9.78. The normalized spacial score (nSPS) is 24.3. The zero-order valence-electron chi connectivity index (χ0n) is 17.3. The van der Waals surface area contributed by atoms with Crippen molar-refractivity contribution in [3.05, 3.63) is 70.8 Å². The molecule has 3 N–H and O–H groups in total. The van der Waals surface area contributed by atoms with Crippen LogP contribution in [0.25, 0.3) is 5.70 Å². The van der Waals surface area contributed by atoms with Gasteiger partial charge in [0.2, 0.25) is 11.7 Å². The lowest BCUT2D eigenvalue weighted by Gasteiger charge is -2.33. The van der Waals surface area contributed by atoms with E-state index in [1.165, 1.54) is 18.2 Å². The first-order chi connectivity index (χ1) is 14.6. The van der Waals surface area contributed by atoms with E-state index in [4.69, 9.17) is 15.2 Å². The molecule has 2 aliphatic rings. The Labute approximate surface area is 178 Å². The fourth-order valence-corrected chi connectivity index (χ4v) is 3.35.